The van der Waals surface area contributed by atoms with Gasteiger partial charge in [-0.25, -0.2) is 4.79 Å². The van der Waals surface area contributed by atoms with Crippen LogP contribution in [0.15, 0.2) is 54.6 Å². The Bertz CT molecular complexity index is 930. The lowest BCUT2D eigenvalue weighted by atomic mass is 10.0. The van der Waals surface area contributed by atoms with Gasteiger partial charge in [-0.1, -0.05) is 56.3 Å². The summed E-state index contributed by atoms with van der Waals surface area (Å²) in [6.07, 6.45) is -0.583. The van der Waals surface area contributed by atoms with Crippen molar-refractivity contribution in [1.82, 2.24) is 15.1 Å². The molecule has 1 saturated heterocycles. The highest BCUT2D eigenvalue weighted by Gasteiger charge is 2.31. The molecule has 1 N–H and O–H groups in total. The fourth-order valence-corrected chi connectivity index (χ4v) is 3.67. The monoisotopic (exact) mass is 434 g/mol. The quantitative estimate of drug-likeness (QED) is 0.724. The maximum atomic E-state index is 13.1. The van der Waals surface area contributed by atoms with Crippen molar-refractivity contribution in [2.45, 2.75) is 33.0 Å². The Kier molecular flexibility index (Phi) is 8.23. The fraction of sp³-hybridized carbons (Fsp3) is 0.400. The minimum Gasteiger partial charge on any atom is -0.445 e. The van der Waals surface area contributed by atoms with Gasteiger partial charge in [0.2, 0.25) is 5.91 Å². The first kappa shape index (κ1) is 23.3. The molecule has 1 fully saturated rings. The molecule has 7 nitrogen and oxygen atoms in total. The van der Waals surface area contributed by atoms with Gasteiger partial charge < -0.3 is 15.0 Å². The molecule has 32 heavy (non-hydrogen) atoms. The third-order valence-corrected chi connectivity index (χ3v) is 5.59. The minimum atomic E-state index is -0.622. The average Bonchev–Trinajstić information content (AvgIpc) is 2.82. The van der Waals surface area contributed by atoms with Crippen LogP contribution in [0.4, 0.5) is 4.79 Å². The highest BCUT2D eigenvalue weighted by atomic mass is 16.5. The molecule has 1 heterocycles. The number of ether oxygens (including phenoxy) is 1. The van der Waals surface area contributed by atoms with Crippen LogP contribution in [-0.4, -0.2) is 54.0 Å². The van der Waals surface area contributed by atoms with Crippen molar-refractivity contribution in [1.29, 1.82) is 5.26 Å². The number of alkyl carbamates (subject to hydrolysis) is 1. The zero-order valence-corrected chi connectivity index (χ0v) is 18.7. The van der Waals surface area contributed by atoms with Crippen molar-refractivity contribution in [2.75, 3.05) is 26.2 Å². The van der Waals surface area contributed by atoms with Gasteiger partial charge in [0.15, 0.2) is 0 Å². The molecule has 2 aromatic rings. The van der Waals surface area contributed by atoms with Crippen LogP contribution in [0.3, 0.4) is 0 Å². The lowest BCUT2D eigenvalue weighted by molar-refractivity contribution is -0.136. The maximum Gasteiger partial charge on any atom is 0.408 e. The van der Waals surface area contributed by atoms with Crippen LogP contribution >= 0.6 is 0 Å². The molecule has 0 bridgehead atoms. The number of piperazine rings is 1. The van der Waals surface area contributed by atoms with E-state index in [9.17, 15) is 9.59 Å². The number of hydrogen-bond donors (Lipinski definition) is 1. The summed E-state index contributed by atoms with van der Waals surface area (Å²) >= 11 is 0. The fourth-order valence-electron chi connectivity index (χ4n) is 3.67. The molecular formula is C25H30N4O3. The van der Waals surface area contributed by atoms with Crippen LogP contribution in [-0.2, 0) is 22.7 Å². The zero-order chi connectivity index (χ0) is 22.9. The zero-order valence-electron chi connectivity index (χ0n) is 18.7. The molecule has 1 atom stereocenters. The lowest BCUT2D eigenvalue weighted by Crippen LogP contribution is -2.56. The number of nitriles is 1. The second kappa shape index (κ2) is 11.3. The summed E-state index contributed by atoms with van der Waals surface area (Å²) < 4.78 is 5.30. The first-order valence-electron chi connectivity index (χ1n) is 10.9. The molecule has 0 saturated carbocycles. The van der Waals surface area contributed by atoms with E-state index in [1.165, 1.54) is 0 Å². The Morgan fingerprint density at radius 3 is 2.25 bits per heavy atom. The summed E-state index contributed by atoms with van der Waals surface area (Å²) in [4.78, 5) is 29.5. The largest absolute Gasteiger partial charge is 0.445 e. The van der Waals surface area contributed by atoms with E-state index >= 15 is 0 Å². The van der Waals surface area contributed by atoms with E-state index in [1.54, 1.807) is 0 Å². The summed E-state index contributed by atoms with van der Waals surface area (Å²) in [5.41, 5.74) is 2.69. The Hall–Kier alpha value is -3.37. The van der Waals surface area contributed by atoms with Gasteiger partial charge in [-0.05, 0) is 29.2 Å². The Morgan fingerprint density at radius 1 is 1.00 bits per heavy atom. The number of benzene rings is 2. The molecule has 1 aliphatic rings. The summed E-state index contributed by atoms with van der Waals surface area (Å²) in [5.74, 6) is -0.127. The van der Waals surface area contributed by atoms with Crippen LogP contribution < -0.4 is 5.32 Å². The number of rotatable bonds is 7. The number of carbonyl (C=O) groups excluding carboxylic acids is 2. The molecule has 0 aliphatic carbocycles. The van der Waals surface area contributed by atoms with Crippen LogP contribution in [0.5, 0.6) is 0 Å². The Balaban J connectivity index is 1.48. The van der Waals surface area contributed by atoms with E-state index in [1.807, 2.05) is 73.3 Å². The predicted octanol–water partition coefficient (Wildman–Crippen LogP) is 3.15. The maximum absolute atomic E-state index is 13.1. The van der Waals surface area contributed by atoms with Crippen LogP contribution in [0.2, 0.25) is 0 Å². The molecular weight excluding hydrogens is 404 g/mol. The second-order valence-electron chi connectivity index (χ2n) is 8.34. The summed E-state index contributed by atoms with van der Waals surface area (Å²) in [6, 6.07) is 18.5. The van der Waals surface area contributed by atoms with E-state index in [4.69, 9.17) is 10.00 Å². The summed E-state index contributed by atoms with van der Waals surface area (Å²) in [6.45, 7) is 7.52. The molecule has 2 amide bonds. The van der Waals surface area contributed by atoms with Crippen LogP contribution in [0, 0.1) is 17.2 Å². The van der Waals surface area contributed by atoms with Crippen molar-refractivity contribution in [3.8, 4) is 6.07 Å². The van der Waals surface area contributed by atoms with Gasteiger partial charge in [0.25, 0.3) is 0 Å². The number of carbonyl (C=O) groups is 2. The minimum absolute atomic E-state index is 0.0524. The van der Waals surface area contributed by atoms with Crippen LogP contribution in [0.1, 0.15) is 30.5 Å². The Morgan fingerprint density at radius 2 is 1.66 bits per heavy atom. The van der Waals surface area contributed by atoms with Gasteiger partial charge in [-0.3, -0.25) is 9.69 Å². The summed E-state index contributed by atoms with van der Waals surface area (Å²) in [7, 11) is 0. The standard InChI is InChI=1S/C25H30N4O3/c1-19(2)23(27-25(31)32-18-22-6-4-3-5-7-22)24(30)29-14-12-28(13-15-29)17-21-10-8-20(16-26)9-11-21/h3-11,19,23H,12-15,17-18H2,1-2H3,(H,27,31)/t23-/m0/s1. The topological polar surface area (TPSA) is 85.7 Å². The van der Waals surface area contributed by atoms with Gasteiger partial charge in [-0.15, -0.1) is 0 Å². The molecule has 0 radical (unpaired) electrons. The van der Waals surface area contributed by atoms with E-state index in [-0.39, 0.29) is 18.4 Å². The van der Waals surface area contributed by atoms with Gasteiger partial charge in [0.1, 0.15) is 12.6 Å². The third-order valence-electron chi connectivity index (χ3n) is 5.59. The van der Waals surface area contributed by atoms with E-state index in [0.717, 1.165) is 30.8 Å². The number of hydrogen-bond acceptors (Lipinski definition) is 5. The van der Waals surface area contributed by atoms with Gasteiger partial charge >= 0.3 is 6.09 Å². The highest BCUT2D eigenvalue weighted by Crippen LogP contribution is 2.13. The van der Waals surface area contributed by atoms with Crippen molar-refractivity contribution < 1.29 is 14.3 Å². The van der Waals surface area contributed by atoms with Crippen molar-refractivity contribution in [2.24, 2.45) is 5.92 Å². The molecule has 0 unspecified atom stereocenters. The van der Waals surface area contributed by atoms with Crippen molar-refractivity contribution in [3.05, 3.63) is 71.3 Å². The highest BCUT2D eigenvalue weighted by molar-refractivity contribution is 5.86. The number of amides is 2. The van der Waals surface area contributed by atoms with E-state index < -0.39 is 12.1 Å². The average molecular weight is 435 g/mol. The van der Waals surface area contributed by atoms with Gasteiger partial charge in [0.05, 0.1) is 11.6 Å². The lowest BCUT2D eigenvalue weighted by Gasteiger charge is -2.37. The summed E-state index contributed by atoms with van der Waals surface area (Å²) in [5, 5.41) is 11.7. The van der Waals surface area contributed by atoms with Crippen molar-refractivity contribution in [3.63, 3.8) is 0 Å². The molecule has 168 valence electrons. The number of nitrogens with one attached hydrogen (secondary N) is 1. The Labute approximate surface area is 189 Å². The first-order valence-corrected chi connectivity index (χ1v) is 10.9. The van der Waals surface area contributed by atoms with Gasteiger partial charge in [0, 0.05) is 32.7 Å². The molecule has 7 heteroatoms. The van der Waals surface area contributed by atoms with Gasteiger partial charge in [-0.2, -0.15) is 5.26 Å². The molecule has 2 aromatic carbocycles. The van der Waals surface area contributed by atoms with Crippen LogP contribution in [0.25, 0.3) is 0 Å². The predicted molar refractivity (Wildman–Crippen MR) is 121 cm³/mol. The van der Waals surface area contributed by atoms with Crippen molar-refractivity contribution >= 4 is 12.0 Å². The SMILES string of the molecule is CC(C)[C@H](NC(=O)OCc1ccccc1)C(=O)N1CCN(Cc2ccc(C#N)cc2)CC1. The van der Waals surface area contributed by atoms with E-state index in [2.05, 4.69) is 16.3 Å². The first-order chi connectivity index (χ1) is 15.5. The molecule has 1 aliphatic heterocycles. The second-order valence-corrected chi connectivity index (χ2v) is 8.34. The normalized spacial score (nSPS) is 15.1. The number of nitrogens with zero attached hydrogens (tertiary/aromatic N) is 3. The molecule has 3 rings (SSSR count). The van der Waals surface area contributed by atoms with E-state index in [0.29, 0.717) is 18.7 Å². The smallest absolute Gasteiger partial charge is 0.408 e. The molecule has 0 aromatic heterocycles. The third kappa shape index (κ3) is 6.56. The molecule has 0 spiro atoms.